The van der Waals surface area contributed by atoms with Crippen molar-refractivity contribution in [3.8, 4) is 0 Å². The largest absolute Gasteiger partial charge is 0.491 e. The van der Waals surface area contributed by atoms with E-state index in [0.717, 1.165) is 11.1 Å². The molecule has 0 aliphatic carbocycles. The van der Waals surface area contributed by atoms with Crippen LogP contribution in [0.1, 0.15) is 21.5 Å². The molecule has 0 unspecified atom stereocenters. The summed E-state index contributed by atoms with van der Waals surface area (Å²) in [5.74, 6) is -1.57. The fourth-order valence-electron chi connectivity index (χ4n) is 2.00. The molecule has 2 aromatic carbocycles. The minimum Gasteiger partial charge on any atom is -0.423 e. The van der Waals surface area contributed by atoms with Crippen LogP contribution in [0.25, 0.3) is 0 Å². The van der Waals surface area contributed by atoms with Gasteiger partial charge in [0.2, 0.25) is 0 Å². The Balaban J connectivity index is 2.33. The van der Waals surface area contributed by atoms with Gasteiger partial charge in [-0.15, -0.1) is 0 Å². The Morgan fingerprint density at radius 1 is 1.14 bits per heavy atom. The van der Waals surface area contributed by atoms with Gasteiger partial charge in [0, 0.05) is 11.2 Å². The Kier molecular flexibility index (Phi) is 4.40. The summed E-state index contributed by atoms with van der Waals surface area (Å²) in [4.78, 5) is 12.2. The smallest absolute Gasteiger partial charge is 0.423 e. The maximum absolute atomic E-state index is 14.1. The topological polar surface area (TPSA) is 69.6 Å². The number of hydrogen-bond donors (Lipinski definition) is 3. The third-order valence-electron chi connectivity index (χ3n) is 3.40. The summed E-state index contributed by atoms with van der Waals surface area (Å²) < 4.78 is 14.1. The average Bonchev–Trinajstić information content (AvgIpc) is 2.43. The Labute approximate surface area is 122 Å². The van der Waals surface area contributed by atoms with E-state index in [1.54, 1.807) is 12.1 Å². The van der Waals surface area contributed by atoms with Crippen LogP contribution in [0.5, 0.6) is 0 Å². The molecule has 4 nitrogen and oxygen atoms in total. The summed E-state index contributed by atoms with van der Waals surface area (Å²) in [7, 11) is -1.96. The second kappa shape index (κ2) is 6.07. The van der Waals surface area contributed by atoms with E-state index in [0.29, 0.717) is 5.69 Å². The first-order valence-corrected chi connectivity index (χ1v) is 6.44. The molecule has 0 fully saturated rings. The van der Waals surface area contributed by atoms with Gasteiger partial charge in [0.25, 0.3) is 5.91 Å². The first-order valence-electron chi connectivity index (χ1n) is 6.44. The molecule has 1 amide bonds. The molecule has 0 heterocycles. The van der Waals surface area contributed by atoms with Gasteiger partial charge in [-0.3, -0.25) is 4.79 Å². The predicted molar refractivity (Wildman–Crippen MR) is 80.1 cm³/mol. The summed E-state index contributed by atoms with van der Waals surface area (Å²) in [5, 5.41) is 20.8. The highest BCUT2D eigenvalue weighted by molar-refractivity contribution is 6.58. The summed E-state index contributed by atoms with van der Waals surface area (Å²) in [6.45, 7) is 3.77. The third kappa shape index (κ3) is 3.12. The molecule has 0 radical (unpaired) electrons. The maximum atomic E-state index is 14.1. The lowest BCUT2D eigenvalue weighted by atomic mass is 9.79. The fourth-order valence-corrected chi connectivity index (χ4v) is 2.00. The van der Waals surface area contributed by atoms with Gasteiger partial charge in [-0.25, -0.2) is 4.39 Å². The van der Waals surface area contributed by atoms with Crippen LogP contribution in [-0.4, -0.2) is 23.1 Å². The van der Waals surface area contributed by atoms with Crippen molar-refractivity contribution in [3.05, 3.63) is 58.9 Å². The zero-order valence-electron chi connectivity index (χ0n) is 11.7. The van der Waals surface area contributed by atoms with Gasteiger partial charge < -0.3 is 15.4 Å². The SMILES string of the molecule is Cc1cccc(NC(=O)c2cccc(B(O)O)c2F)c1C. The van der Waals surface area contributed by atoms with Crippen LogP contribution in [-0.2, 0) is 0 Å². The number of amides is 1. The molecule has 0 aromatic heterocycles. The number of rotatable bonds is 3. The lowest BCUT2D eigenvalue weighted by molar-refractivity contribution is 0.102. The van der Waals surface area contributed by atoms with Gasteiger partial charge in [-0.2, -0.15) is 0 Å². The summed E-state index contributed by atoms with van der Waals surface area (Å²) >= 11 is 0. The van der Waals surface area contributed by atoms with Crippen molar-refractivity contribution in [1.82, 2.24) is 0 Å². The molecule has 0 bridgehead atoms. The summed E-state index contributed by atoms with van der Waals surface area (Å²) in [6, 6.07) is 9.34. The van der Waals surface area contributed by atoms with Gasteiger partial charge in [0.15, 0.2) is 0 Å². The van der Waals surface area contributed by atoms with Gasteiger partial charge in [-0.1, -0.05) is 24.3 Å². The molecule has 2 aromatic rings. The van der Waals surface area contributed by atoms with E-state index in [-0.39, 0.29) is 11.0 Å². The van der Waals surface area contributed by atoms with Crippen LogP contribution in [0.2, 0.25) is 0 Å². The van der Waals surface area contributed by atoms with Gasteiger partial charge in [-0.05, 0) is 37.1 Å². The number of aryl methyl sites for hydroxylation is 1. The number of carbonyl (C=O) groups is 1. The zero-order chi connectivity index (χ0) is 15.6. The van der Waals surface area contributed by atoms with Crippen LogP contribution in [0.3, 0.4) is 0 Å². The quantitative estimate of drug-likeness (QED) is 0.747. The second-order valence-corrected chi connectivity index (χ2v) is 4.78. The fraction of sp³-hybridized carbons (Fsp3) is 0.133. The number of anilines is 1. The number of halogens is 1. The Morgan fingerprint density at radius 3 is 2.48 bits per heavy atom. The van der Waals surface area contributed by atoms with Crippen LogP contribution < -0.4 is 10.8 Å². The molecule has 0 aliphatic heterocycles. The van der Waals surface area contributed by atoms with Crippen molar-refractivity contribution in [2.75, 3.05) is 5.32 Å². The summed E-state index contributed by atoms with van der Waals surface area (Å²) in [6.07, 6.45) is 0. The van der Waals surface area contributed by atoms with Gasteiger partial charge in [0.1, 0.15) is 5.82 Å². The van der Waals surface area contributed by atoms with E-state index in [4.69, 9.17) is 10.0 Å². The molecule has 21 heavy (non-hydrogen) atoms. The van der Waals surface area contributed by atoms with E-state index in [2.05, 4.69) is 5.32 Å². The lowest BCUT2D eigenvalue weighted by Gasteiger charge is -2.12. The lowest BCUT2D eigenvalue weighted by Crippen LogP contribution is -2.34. The average molecular weight is 287 g/mol. The van der Waals surface area contributed by atoms with Crippen molar-refractivity contribution < 1.29 is 19.2 Å². The predicted octanol–water partition coefficient (Wildman–Crippen LogP) is 1.37. The molecule has 0 spiro atoms. The number of carbonyl (C=O) groups excluding carboxylic acids is 1. The van der Waals surface area contributed by atoms with Crippen molar-refractivity contribution in [3.63, 3.8) is 0 Å². The first kappa shape index (κ1) is 15.2. The minimum absolute atomic E-state index is 0.235. The van der Waals surface area contributed by atoms with Crippen LogP contribution in [0.4, 0.5) is 10.1 Å². The first-order chi connectivity index (χ1) is 9.91. The van der Waals surface area contributed by atoms with Crippen molar-refractivity contribution in [1.29, 1.82) is 0 Å². The molecule has 0 saturated carbocycles. The molecule has 108 valence electrons. The van der Waals surface area contributed by atoms with Crippen LogP contribution in [0.15, 0.2) is 36.4 Å². The van der Waals surface area contributed by atoms with E-state index in [1.807, 2.05) is 19.9 Å². The standard InChI is InChI=1S/C15H15BFNO3/c1-9-5-3-8-13(10(9)2)18-15(19)11-6-4-7-12(14(11)17)16(20)21/h3-8,20-21H,1-2H3,(H,18,19). The monoisotopic (exact) mass is 287 g/mol. The molecule has 3 N–H and O–H groups in total. The van der Waals surface area contributed by atoms with E-state index in [1.165, 1.54) is 18.2 Å². The van der Waals surface area contributed by atoms with Crippen molar-refractivity contribution >= 4 is 24.2 Å². The molecule has 0 aliphatic rings. The Hall–Kier alpha value is -2.18. The van der Waals surface area contributed by atoms with Crippen LogP contribution in [0, 0.1) is 19.7 Å². The minimum atomic E-state index is -1.96. The highest BCUT2D eigenvalue weighted by Crippen LogP contribution is 2.19. The maximum Gasteiger partial charge on any atom is 0.491 e. The van der Waals surface area contributed by atoms with E-state index < -0.39 is 18.8 Å². The Bertz CT molecular complexity index is 689. The summed E-state index contributed by atoms with van der Waals surface area (Å²) in [5.41, 5.74) is 1.93. The highest BCUT2D eigenvalue weighted by atomic mass is 19.1. The normalized spacial score (nSPS) is 10.3. The molecule has 0 atom stereocenters. The van der Waals surface area contributed by atoms with Crippen molar-refractivity contribution in [2.24, 2.45) is 0 Å². The Morgan fingerprint density at radius 2 is 1.81 bits per heavy atom. The highest BCUT2D eigenvalue weighted by Gasteiger charge is 2.22. The molecular formula is C15H15BFNO3. The molecule has 6 heteroatoms. The third-order valence-corrected chi connectivity index (χ3v) is 3.40. The number of nitrogens with one attached hydrogen (secondary N) is 1. The van der Waals surface area contributed by atoms with E-state index in [9.17, 15) is 9.18 Å². The van der Waals surface area contributed by atoms with Crippen LogP contribution >= 0.6 is 0 Å². The molecular weight excluding hydrogens is 272 g/mol. The number of hydrogen-bond acceptors (Lipinski definition) is 3. The van der Waals surface area contributed by atoms with Gasteiger partial charge >= 0.3 is 7.12 Å². The van der Waals surface area contributed by atoms with Gasteiger partial charge in [0.05, 0.1) is 5.56 Å². The van der Waals surface area contributed by atoms with E-state index >= 15 is 0 Å². The molecule has 2 rings (SSSR count). The number of benzene rings is 2. The van der Waals surface area contributed by atoms with Crippen molar-refractivity contribution in [2.45, 2.75) is 13.8 Å². The molecule has 0 saturated heterocycles. The zero-order valence-corrected chi connectivity index (χ0v) is 11.7. The second-order valence-electron chi connectivity index (χ2n) is 4.78.